The number of rotatable bonds is 4. The van der Waals surface area contributed by atoms with Crippen LogP contribution in [0.5, 0.6) is 0 Å². The second-order valence-corrected chi connectivity index (χ2v) is 6.51. The van der Waals surface area contributed by atoms with Crippen LogP contribution in [0.25, 0.3) is 0 Å². The molecule has 1 amide bonds. The highest BCUT2D eigenvalue weighted by Crippen LogP contribution is 2.34. The fraction of sp³-hybridized carbons (Fsp3) is 0.300. The molecule has 3 rings (SSSR count). The van der Waals surface area contributed by atoms with Gasteiger partial charge >= 0.3 is 12.1 Å². The normalized spacial score (nSPS) is 16.9. The number of hydrogen-bond acceptors (Lipinski definition) is 4. The van der Waals surface area contributed by atoms with Gasteiger partial charge in [-0.25, -0.2) is 0 Å². The molecule has 1 heterocycles. The van der Waals surface area contributed by atoms with Crippen molar-refractivity contribution in [1.29, 1.82) is 0 Å². The van der Waals surface area contributed by atoms with Crippen LogP contribution in [0.2, 0.25) is 0 Å². The minimum absolute atomic E-state index is 0.236. The van der Waals surface area contributed by atoms with Gasteiger partial charge in [0.15, 0.2) is 0 Å². The number of fused-ring (bicyclic) bond motifs is 1. The quantitative estimate of drug-likeness (QED) is 0.812. The van der Waals surface area contributed by atoms with Crippen LogP contribution in [0.4, 0.5) is 18.9 Å². The molecule has 0 spiro atoms. The fourth-order valence-corrected chi connectivity index (χ4v) is 3.33. The average Bonchev–Trinajstić information content (AvgIpc) is 2.66. The van der Waals surface area contributed by atoms with Crippen molar-refractivity contribution in [3.8, 4) is 0 Å². The molecule has 0 bridgehead atoms. The van der Waals surface area contributed by atoms with E-state index in [-0.39, 0.29) is 12.2 Å². The number of hydrogen-bond donors (Lipinski definition) is 1. The van der Waals surface area contributed by atoms with E-state index in [1.54, 1.807) is 4.90 Å². The number of anilines is 1. The Labute approximate surface area is 160 Å². The molecule has 0 saturated heterocycles. The van der Waals surface area contributed by atoms with Gasteiger partial charge in [-0.15, -0.1) is 0 Å². The summed E-state index contributed by atoms with van der Waals surface area (Å²) in [7, 11) is 1.26. The standard InChI is InChI=1S/C20H19F3N2O3/c1-28-19(27)17-10-13-6-2-3-7-14(13)11-25(17)12-18(26)24-16-9-5-4-8-15(16)20(21,22)23/h2-9,17H,10-12H2,1H3,(H,24,26)/t17-/m1/s1. The van der Waals surface area contributed by atoms with Crippen LogP contribution < -0.4 is 5.32 Å². The first-order chi connectivity index (χ1) is 13.3. The first-order valence-electron chi connectivity index (χ1n) is 8.64. The van der Waals surface area contributed by atoms with Crippen molar-refractivity contribution in [2.24, 2.45) is 0 Å². The van der Waals surface area contributed by atoms with E-state index in [0.29, 0.717) is 13.0 Å². The van der Waals surface area contributed by atoms with Crippen LogP contribution in [0.1, 0.15) is 16.7 Å². The third-order valence-corrected chi connectivity index (χ3v) is 4.67. The lowest BCUT2D eigenvalue weighted by atomic mass is 9.94. The van der Waals surface area contributed by atoms with Crippen LogP contribution in [-0.4, -0.2) is 36.5 Å². The molecule has 0 radical (unpaired) electrons. The zero-order chi connectivity index (χ0) is 20.3. The van der Waals surface area contributed by atoms with E-state index in [4.69, 9.17) is 4.74 Å². The third kappa shape index (κ3) is 4.33. The molecule has 5 nitrogen and oxygen atoms in total. The number of carbonyl (C=O) groups excluding carboxylic acids is 2. The van der Waals surface area contributed by atoms with Gasteiger partial charge in [-0.3, -0.25) is 14.5 Å². The maximum absolute atomic E-state index is 13.1. The summed E-state index contributed by atoms with van der Waals surface area (Å²) in [5, 5.41) is 2.31. The summed E-state index contributed by atoms with van der Waals surface area (Å²) in [5.74, 6) is -1.12. The number of alkyl halides is 3. The van der Waals surface area contributed by atoms with Gasteiger partial charge in [-0.05, 0) is 29.7 Å². The number of nitrogens with one attached hydrogen (secondary N) is 1. The molecule has 2 aromatic carbocycles. The minimum atomic E-state index is -4.58. The molecule has 0 unspecified atom stereocenters. The van der Waals surface area contributed by atoms with E-state index in [0.717, 1.165) is 17.2 Å². The molecule has 1 aliphatic rings. The fourth-order valence-electron chi connectivity index (χ4n) is 3.33. The second kappa shape index (κ2) is 8.02. The van der Waals surface area contributed by atoms with Crippen molar-refractivity contribution in [3.05, 3.63) is 65.2 Å². The zero-order valence-corrected chi connectivity index (χ0v) is 15.1. The number of halogens is 3. The summed E-state index contributed by atoms with van der Waals surface area (Å²) in [6, 6.07) is 11.6. The topological polar surface area (TPSA) is 58.6 Å². The van der Waals surface area contributed by atoms with Crippen molar-refractivity contribution in [1.82, 2.24) is 4.90 Å². The molecule has 1 atom stereocenters. The summed E-state index contributed by atoms with van der Waals surface area (Å²) >= 11 is 0. The Morgan fingerprint density at radius 3 is 2.43 bits per heavy atom. The van der Waals surface area contributed by atoms with Gasteiger partial charge in [0, 0.05) is 6.54 Å². The van der Waals surface area contributed by atoms with Crippen molar-refractivity contribution in [3.63, 3.8) is 0 Å². The van der Waals surface area contributed by atoms with E-state index in [9.17, 15) is 22.8 Å². The molecular formula is C20H19F3N2O3. The van der Waals surface area contributed by atoms with Gasteiger partial charge in [0.05, 0.1) is 24.9 Å². The van der Waals surface area contributed by atoms with Crippen molar-refractivity contribution < 1.29 is 27.5 Å². The second-order valence-electron chi connectivity index (χ2n) is 6.51. The largest absolute Gasteiger partial charge is 0.468 e. The minimum Gasteiger partial charge on any atom is -0.468 e. The molecule has 28 heavy (non-hydrogen) atoms. The molecule has 1 N–H and O–H groups in total. The number of ether oxygens (including phenoxy) is 1. The van der Waals surface area contributed by atoms with E-state index < -0.39 is 29.7 Å². The lowest BCUT2D eigenvalue weighted by Crippen LogP contribution is -2.49. The highest BCUT2D eigenvalue weighted by Gasteiger charge is 2.35. The number of benzene rings is 2. The van der Waals surface area contributed by atoms with Gasteiger partial charge in [0.25, 0.3) is 0 Å². The Morgan fingerprint density at radius 2 is 1.75 bits per heavy atom. The zero-order valence-electron chi connectivity index (χ0n) is 15.1. The Morgan fingerprint density at radius 1 is 1.11 bits per heavy atom. The maximum atomic E-state index is 13.1. The van der Waals surface area contributed by atoms with E-state index in [1.165, 1.54) is 25.3 Å². The molecule has 0 aromatic heterocycles. The monoisotopic (exact) mass is 392 g/mol. The molecule has 0 aliphatic carbocycles. The van der Waals surface area contributed by atoms with E-state index in [2.05, 4.69) is 5.32 Å². The summed E-state index contributed by atoms with van der Waals surface area (Å²) in [5.41, 5.74) is 0.715. The molecule has 1 aliphatic heterocycles. The maximum Gasteiger partial charge on any atom is 0.418 e. The summed E-state index contributed by atoms with van der Waals surface area (Å²) in [6.07, 6.45) is -4.21. The molecular weight excluding hydrogens is 373 g/mol. The summed E-state index contributed by atoms with van der Waals surface area (Å²) in [4.78, 5) is 26.2. The number of amides is 1. The first kappa shape index (κ1) is 19.9. The van der Waals surface area contributed by atoms with Crippen LogP contribution in [0.15, 0.2) is 48.5 Å². The molecule has 0 saturated carbocycles. The van der Waals surface area contributed by atoms with Crippen LogP contribution in [0.3, 0.4) is 0 Å². The lowest BCUT2D eigenvalue weighted by Gasteiger charge is -2.34. The number of methoxy groups -OCH3 is 1. The number of esters is 1. The number of carbonyl (C=O) groups is 2. The Bertz CT molecular complexity index is 883. The van der Waals surface area contributed by atoms with Crippen LogP contribution in [-0.2, 0) is 33.5 Å². The average molecular weight is 392 g/mol. The van der Waals surface area contributed by atoms with Gasteiger partial charge < -0.3 is 10.1 Å². The van der Waals surface area contributed by atoms with Crippen LogP contribution >= 0.6 is 0 Å². The predicted octanol–water partition coefficient (Wildman–Crippen LogP) is 3.24. The predicted molar refractivity (Wildman–Crippen MR) is 96.4 cm³/mol. The Kier molecular flexibility index (Phi) is 5.69. The van der Waals surface area contributed by atoms with Gasteiger partial charge in [-0.1, -0.05) is 36.4 Å². The van der Waals surface area contributed by atoms with E-state index in [1.807, 2.05) is 24.3 Å². The van der Waals surface area contributed by atoms with Crippen molar-refractivity contribution in [2.75, 3.05) is 19.0 Å². The summed E-state index contributed by atoms with van der Waals surface area (Å²) in [6.45, 7) is 0.0879. The van der Waals surface area contributed by atoms with Crippen LogP contribution in [0, 0.1) is 0 Å². The van der Waals surface area contributed by atoms with Crippen molar-refractivity contribution >= 4 is 17.6 Å². The Hall–Kier alpha value is -2.87. The molecule has 8 heteroatoms. The third-order valence-electron chi connectivity index (χ3n) is 4.67. The van der Waals surface area contributed by atoms with E-state index >= 15 is 0 Å². The Balaban J connectivity index is 1.78. The van der Waals surface area contributed by atoms with Gasteiger partial charge in [0.1, 0.15) is 6.04 Å². The highest BCUT2D eigenvalue weighted by atomic mass is 19.4. The molecule has 0 fully saturated rings. The van der Waals surface area contributed by atoms with Gasteiger partial charge in [-0.2, -0.15) is 13.2 Å². The SMILES string of the molecule is COC(=O)[C@H]1Cc2ccccc2CN1CC(=O)Nc1ccccc1C(F)(F)F. The molecule has 148 valence electrons. The summed E-state index contributed by atoms with van der Waals surface area (Å²) < 4.78 is 44.2. The lowest BCUT2D eigenvalue weighted by molar-refractivity contribution is -0.148. The molecule has 2 aromatic rings. The number of nitrogens with zero attached hydrogens (tertiary/aromatic N) is 1. The smallest absolute Gasteiger partial charge is 0.418 e. The first-order valence-corrected chi connectivity index (χ1v) is 8.64. The van der Waals surface area contributed by atoms with Gasteiger partial charge in [0.2, 0.25) is 5.91 Å². The van der Waals surface area contributed by atoms with Crippen molar-refractivity contribution in [2.45, 2.75) is 25.2 Å². The highest BCUT2D eigenvalue weighted by molar-refractivity contribution is 5.93. The number of para-hydroxylation sites is 1.